The van der Waals surface area contributed by atoms with Gasteiger partial charge in [-0.05, 0) is 12.5 Å². The highest BCUT2D eigenvalue weighted by atomic mass is 16.6. The number of hydrogen-bond donors (Lipinski definition) is 0. The Labute approximate surface area is 151 Å². The van der Waals surface area contributed by atoms with Crippen molar-refractivity contribution in [3.05, 3.63) is 71.8 Å². The molecule has 1 aliphatic rings. The molecule has 0 radical (unpaired) electrons. The fourth-order valence-electron chi connectivity index (χ4n) is 3.28. The van der Waals surface area contributed by atoms with E-state index < -0.39 is 29.9 Å². The zero-order chi connectivity index (χ0) is 18.5. The van der Waals surface area contributed by atoms with Crippen molar-refractivity contribution in [2.24, 2.45) is 11.8 Å². The van der Waals surface area contributed by atoms with Crippen LogP contribution >= 0.6 is 0 Å². The Morgan fingerprint density at radius 2 is 1.62 bits per heavy atom. The number of Topliss-reactive ketones (excluding diaryl/α,β-unsaturated/α-hetero) is 1. The molecule has 2 aromatic carbocycles. The first-order valence-corrected chi connectivity index (χ1v) is 8.62. The van der Waals surface area contributed by atoms with Crippen LogP contribution in [0.3, 0.4) is 0 Å². The summed E-state index contributed by atoms with van der Waals surface area (Å²) in [5.74, 6) is -3.10. The Morgan fingerprint density at radius 3 is 2.23 bits per heavy atom. The first-order chi connectivity index (χ1) is 12.6. The molecule has 1 heterocycles. The maximum atomic E-state index is 12.7. The van der Waals surface area contributed by atoms with Crippen LogP contribution in [0.4, 0.5) is 0 Å². The molecule has 3 atom stereocenters. The molecule has 5 nitrogen and oxygen atoms in total. The van der Waals surface area contributed by atoms with Gasteiger partial charge in [-0.2, -0.15) is 0 Å². The molecule has 0 spiro atoms. The second kappa shape index (κ2) is 7.95. The third kappa shape index (κ3) is 3.67. The van der Waals surface area contributed by atoms with Gasteiger partial charge in [0.05, 0.1) is 6.61 Å². The van der Waals surface area contributed by atoms with Crippen molar-refractivity contribution in [2.75, 3.05) is 6.61 Å². The molecule has 1 aliphatic heterocycles. The average Bonchev–Trinajstić information content (AvgIpc) is 2.99. The number of cyclic esters (lactones) is 1. The summed E-state index contributed by atoms with van der Waals surface area (Å²) in [4.78, 5) is 37.4. The summed E-state index contributed by atoms with van der Waals surface area (Å²) >= 11 is 0. The Morgan fingerprint density at radius 1 is 1.00 bits per heavy atom. The maximum Gasteiger partial charge on any atom is 0.321 e. The van der Waals surface area contributed by atoms with Gasteiger partial charge in [-0.25, -0.2) is 0 Å². The molecule has 0 aromatic heterocycles. The molecule has 3 rings (SSSR count). The molecule has 0 unspecified atom stereocenters. The zero-order valence-electron chi connectivity index (χ0n) is 14.5. The second-order valence-electron chi connectivity index (χ2n) is 6.16. The van der Waals surface area contributed by atoms with Gasteiger partial charge in [0.15, 0.2) is 11.7 Å². The van der Waals surface area contributed by atoms with Crippen LogP contribution in [-0.2, 0) is 19.1 Å². The summed E-state index contributed by atoms with van der Waals surface area (Å²) in [6, 6.07) is 18.0. The number of benzene rings is 2. The van der Waals surface area contributed by atoms with Crippen molar-refractivity contribution >= 4 is 17.7 Å². The molecule has 1 saturated heterocycles. The van der Waals surface area contributed by atoms with Crippen LogP contribution in [0.15, 0.2) is 60.7 Å². The van der Waals surface area contributed by atoms with Crippen LogP contribution in [-0.4, -0.2) is 24.3 Å². The fraction of sp³-hybridized carbons (Fsp3) is 0.286. The van der Waals surface area contributed by atoms with Crippen molar-refractivity contribution in [3.63, 3.8) is 0 Å². The van der Waals surface area contributed by atoms with Gasteiger partial charge in [-0.3, -0.25) is 14.4 Å². The van der Waals surface area contributed by atoms with E-state index in [-0.39, 0.29) is 18.8 Å². The normalized spacial score (nSPS) is 21.9. The van der Waals surface area contributed by atoms with Crippen LogP contribution in [0, 0.1) is 11.8 Å². The minimum atomic E-state index is -1.09. The minimum absolute atomic E-state index is 0.0266. The number of ether oxygens (including phenoxy) is 2. The number of esters is 2. The van der Waals surface area contributed by atoms with E-state index in [4.69, 9.17) is 9.47 Å². The lowest BCUT2D eigenvalue weighted by atomic mass is 9.82. The van der Waals surface area contributed by atoms with Crippen molar-refractivity contribution in [2.45, 2.75) is 19.4 Å². The number of carbonyl (C=O) groups is 3. The van der Waals surface area contributed by atoms with E-state index in [0.717, 1.165) is 5.56 Å². The molecule has 134 valence electrons. The van der Waals surface area contributed by atoms with Gasteiger partial charge in [-0.1, -0.05) is 60.7 Å². The van der Waals surface area contributed by atoms with Crippen LogP contribution in [0.2, 0.25) is 0 Å². The summed E-state index contributed by atoms with van der Waals surface area (Å²) in [5, 5.41) is 0. The Kier molecular flexibility index (Phi) is 5.46. The molecular weight excluding hydrogens is 332 g/mol. The molecule has 0 N–H and O–H groups in total. The van der Waals surface area contributed by atoms with Crippen LogP contribution in [0.5, 0.6) is 0 Å². The number of carbonyl (C=O) groups excluding carboxylic acids is 3. The first kappa shape index (κ1) is 17.9. The van der Waals surface area contributed by atoms with Crippen molar-refractivity contribution in [1.29, 1.82) is 0 Å². The predicted octanol–water partition coefficient (Wildman–Crippen LogP) is 3.35. The summed E-state index contributed by atoms with van der Waals surface area (Å²) in [6.45, 7) is 1.84. The van der Waals surface area contributed by atoms with E-state index >= 15 is 0 Å². The lowest BCUT2D eigenvalue weighted by Gasteiger charge is -2.20. The summed E-state index contributed by atoms with van der Waals surface area (Å²) in [5.41, 5.74) is 1.31. The third-order valence-electron chi connectivity index (χ3n) is 4.50. The highest BCUT2D eigenvalue weighted by molar-refractivity contribution is 6.00. The minimum Gasteiger partial charge on any atom is -0.465 e. The molecule has 0 amide bonds. The Balaban J connectivity index is 1.91. The molecule has 1 fully saturated rings. The van der Waals surface area contributed by atoms with Crippen molar-refractivity contribution < 1.29 is 23.9 Å². The molecule has 0 bridgehead atoms. The number of ketones is 1. The van der Waals surface area contributed by atoms with Gasteiger partial charge >= 0.3 is 11.9 Å². The third-order valence-corrected chi connectivity index (χ3v) is 4.50. The zero-order valence-corrected chi connectivity index (χ0v) is 14.5. The van der Waals surface area contributed by atoms with Gasteiger partial charge < -0.3 is 9.47 Å². The van der Waals surface area contributed by atoms with Crippen molar-refractivity contribution in [1.82, 2.24) is 0 Å². The quantitative estimate of drug-likeness (QED) is 0.453. The van der Waals surface area contributed by atoms with Gasteiger partial charge in [0.2, 0.25) is 0 Å². The van der Waals surface area contributed by atoms with Gasteiger partial charge in [-0.15, -0.1) is 0 Å². The molecule has 2 aromatic rings. The molecule has 0 saturated carbocycles. The molecule has 26 heavy (non-hydrogen) atoms. The topological polar surface area (TPSA) is 69.7 Å². The SMILES string of the molecule is CCOC(=O)[C@@H]1C(=O)O[C@@H](c2ccccc2)[C@H]1CC(=O)c1ccccc1. The monoisotopic (exact) mass is 352 g/mol. The van der Waals surface area contributed by atoms with Crippen molar-refractivity contribution in [3.8, 4) is 0 Å². The van der Waals surface area contributed by atoms with Gasteiger partial charge in [0.1, 0.15) is 6.10 Å². The number of hydrogen-bond acceptors (Lipinski definition) is 5. The van der Waals surface area contributed by atoms with Crippen LogP contribution in [0.1, 0.15) is 35.4 Å². The highest BCUT2D eigenvalue weighted by Gasteiger charge is 2.50. The van der Waals surface area contributed by atoms with Gasteiger partial charge in [0.25, 0.3) is 0 Å². The first-order valence-electron chi connectivity index (χ1n) is 8.62. The standard InChI is InChI=1S/C21H20O5/c1-2-25-20(23)18-16(13-17(22)14-9-5-3-6-10-14)19(26-21(18)24)15-11-7-4-8-12-15/h3-12,16,18-19H,2,13H2,1H3/t16-,18+,19-/m0/s1. The maximum absolute atomic E-state index is 12.7. The van der Waals surface area contributed by atoms with E-state index in [2.05, 4.69) is 0 Å². The highest BCUT2D eigenvalue weighted by Crippen LogP contribution is 2.42. The predicted molar refractivity (Wildman–Crippen MR) is 94.3 cm³/mol. The van der Waals surface area contributed by atoms with Gasteiger partial charge in [0, 0.05) is 17.9 Å². The van der Waals surface area contributed by atoms with E-state index in [9.17, 15) is 14.4 Å². The van der Waals surface area contributed by atoms with E-state index in [0.29, 0.717) is 5.56 Å². The fourth-order valence-corrected chi connectivity index (χ4v) is 3.28. The number of rotatable bonds is 6. The Bertz CT molecular complexity index is 785. The molecule has 5 heteroatoms. The largest absolute Gasteiger partial charge is 0.465 e. The smallest absolute Gasteiger partial charge is 0.321 e. The van der Waals surface area contributed by atoms with Crippen LogP contribution in [0.25, 0.3) is 0 Å². The lowest BCUT2D eigenvalue weighted by molar-refractivity contribution is -0.156. The average molecular weight is 352 g/mol. The summed E-state index contributed by atoms with van der Waals surface area (Å²) < 4.78 is 10.5. The van der Waals surface area contributed by atoms with E-state index in [1.54, 1.807) is 31.2 Å². The van der Waals surface area contributed by atoms with Crippen LogP contribution < -0.4 is 0 Å². The summed E-state index contributed by atoms with van der Waals surface area (Å²) in [6.07, 6.45) is -0.621. The summed E-state index contributed by atoms with van der Waals surface area (Å²) in [7, 11) is 0. The molecule has 0 aliphatic carbocycles. The van der Waals surface area contributed by atoms with E-state index in [1.165, 1.54) is 0 Å². The second-order valence-corrected chi connectivity index (χ2v) is 6.16. The molecular formula is C21H20O5. The van der Waals surface area contributed by atoms with E-state index in [1.807, 2.05) is 36.4 Å². The lowest BCUT2D eigenvalue weighted by Crippen LogP contribution is -2.29. The Hall–Kier alpha value is -2.95.